The van der Waals surface area contributed by atoms with E-state index >= 15 is 0 Å². The Morgan fingerprint density at radius 2 is 1.60 bits per heavy atom. The van der Waals surface area contributed by atoms with Crippen molar-refractivity contribution in [3.05, 3.63) is 70.8 Å². The molecule has 0 heterocycles. The zero-order valence-electron chi connectivity index (χ0n) is 19.1. The highest BCUT2D eigenvalue weighted by Gasteiger charge is 2.26. The lowest BCUT2D eigenvalue weighted by atomic mass is 10.0. The van der Waals surface area contributed by atoms with Crippen LogP contribution in [0.1, 0.15) is 62.8 Å². The molecule has 4 nitrogen and oxygen atoms in total. The summed E-state index contributed by atoms with van der Waals surface area (Å²) in [5, 5.41) is 3.02. The van der Waals surface area contributed by atoms with Gasteiger partial charge < -0.3 is 10.2 Å². The van der Waals surface area contributed by atoms with E-state index in [4.69, 9.17) is 0 Å². The maximum Gasteiger partial charge on any atom is 0.242 e. The Kier molecular flexibility index (Phi) is 9.10. The molecule has 0 spiro atoms. The number of carbonyl (C=O) groups excluding carboxylic acids is 2. The van der Waals surface area contributed by atoms with Gasteiger partial charge in [0.2, 0.25) is 11.8 Å². The Bertz CT molecular complexity index is 829. The molecule has 162 valence electrons. The van der Waals surface area contributed by atoms with Gasteiger partial charge in [-0.3, -0.25) is 9.59 Å². The normalized spacial score (nSPS) is 12.8. The second-order valence-corrected chi connectivity index (χ2v) is 8.11. The van der Waals surface area contributed by atoms with Crippen LogP contribution in [0.3, 0.4) is 0 Å². The molecule has 0 aliphatic carbocycles. The van der Waals surface area contributed by atoms with Gasteiger partial charge in [-0.2, -0.15) is 0 Å². The van der Waals surface area contributed by atoms with Gasteiger partial charge in [0.1, 0.15) is 6.04 Å². The van der Waals surface area contributed by atoms with E-state index < -0.39 is 6.04 Å². The van der Waals surface area contributed by atoms with Gasteiger partial charge in [0.15, 0.2) is 0 Å². The van der Waals surface area contributed by atoms with Crippen LogP contribution in [0, 0.1) is 6.92 Å². The van der Waals surface area contributed by atoms with Crippen LogP contribution in [0.4, 0.5) is 0 Å². The van der Waals surface area contributed by atoms with E-state index in [1.807, 2.05) is 52.0 Å². The first kappa shape index (κ1) is 23.7. The molecule has 2 amide bonds. The molecule has 2 aromatic rings. The molecule has 30 heavy (non-hydrogen) atoms. The highest BCUT2D eigenvalue weighted by molar-refractivity contribution is 5.87. The number of nitrogens with one attached hydrogen (secondary N) is 1. The summed E-state index contributed by atoms with van der Waals surface area (Å²) < 4.78 is 0. The van der Waals surface area contributed by atoms with Crippen LogP contribution in [0.25, 0.3) is 0 Å². The summed E-state index contributed by atoms with van der Waals surface area (Å²) in [6.45, 7) is 10.5. The topological polar surface area (TPSA) is 49.4 Å². The molecule has 0 bridgehead atoms. The van der Waals surface area contributed by atoms with E-state index in [0.29, 0.717) is 19.4 Å². The number of amides is 2. The Labute approximate surface area is 181 Å². The highest BCUT2D eigenvalue weighted by Crippen LogP contribution is 2.16. The van der Waals surface area contributed by atoms with Crippen LogP contribution in [0.15, 0.2) is 48.5 Å². The van der Waals surface area contributed by atoms with Crippen molar-refractivity contribution in [1.29, 1.82) is 0 Å². The average molecular weight is 409 g/mol. The van der Waals surface area contributed by atoms with Crippen molar-refractivity contribution < 1.29 is 9.59 Å². The quantitative estimate of drug-likeness (QED) is 0.613. The van der Waals surface area contributed by atoms with Gasteiger partial charge in [-0.15, -0.1) is 0 Å². The van der Waals surface area contributed by atoms with Gasteiger partial charge in [-0.1, -0.05) is 62.4 Å². The van der Waals surface area contributed by atoms with Crippen LogP contribution >= 0.6 is 0 Å². The molecule has 2 rings (SSSR count). The largest absolute Gasteiger partial charge is 0.352 e. The third kappa shape index (κ3) is 6.72. The molecule has 0 saturated carbocycles. The van der Waals surface area contributed by atoms with Crippen LogP contribution in [-0.4, -0.2) is 28.8 Å². The first-order chi connectivity index (χ1) is 14.3. The van der Waals surface area contributed by atoms with Gasteiger partial charge in [0.25, 0.3) is 0 Å². The molecule has 0 radical (unpaired) electrons. The Balaban J connectivity index is 2.14. The van der Waals surface area contributed by atoms with E-state index in [9.17, 15) is 9.59 Å². The monoisotopic (exact) mass is 408 g/mol. The van der Waals surface area contributed by atoms with Gasteiger partial charge in [-0.05, 0) is 62.3 Å². The fraction of sp³-hybridized carbons (Fsp3) is 0.462. The van der Waals surface area contributed by atoms with E-state index in [-0.39, 0.29) is 17.9 Å². The number of hydrogen-bond acceptors (Lipinski definition) is 2. The van der Waals surface area contributed by atoms with Crippen molar-refractivity contribution >= 4 is 11.8 Å². The zero-order chi connectivity index (χ0) is 22.1. The molecule has 2 aromatic carbocycles. The fourth-order valence-electron chi connectivity index (χ4n) is 3.36. The van der Waals surface area contributed by atoms with Crippen molar-refractivity contribution in [3.8, 4) is 0 Å². The second kappa shape index (κ2) is 11.5. The van der Waals surface area contributed by atoms with Gasteiger partial charge in [0.05, 0.1) is 0 Å². The standard InChI is InChI=1S/C26H36N2O2/c1-6-20(4)27-26(30)21(5)28(18-24-11-9-8-10-19(24)3)25(29)17-16-23-14-12-22(7-2)13-15-23/h8-15,20-21H,6-7,16-18H2,1-5H3,(H,27,30)/t20-,21+/m0/s1. The average Bonchev–Trinajstić information content (AvgIpc) is 2.76. The molecule has 1 N–H and O–H groups in total. The molecule has 2 atom stereocenters. The second-order valence-electron chi connectivity index (χ2n) is 8.11. The predicted molar refractivity (Wildman–Crippen MR) is 123 cm³/mol. The Morgan fingerprint density at radius 3 is 2.20 bits per heavy atom. The number of carbonyl (C=O) groups is 2. The van der Waals surface area contributed by atoms with Gasteiger partial charge in [0, 0.05) is 19.0 Å². The fourth-order valence-corrected chi connectivity index (χ4v) is 3.36. The van der Waals surface area contributed by atoms with Crippen molar-refractivity contribution in [2.75, 3.05) is 0 Å². The van der Waals surface area contributed by atoms with Crippen molar-refractivity contribution in [1.82, 2.24) is 10.2 Å². The number of hydrogen-bond donors (Lipinski definition) is 1. The lowest BCUT2D eigenvalue weighted by Gasteiger charge is -2.30. The molecule has 0 unspecified atom stereocenters. The van der Waals surface area contributed by atoms with Crippen molar-refractivity contribution in [3.63, 3.8) is 0 Å². The maximum atomic E-state index is 13.2. The SMILES string of the molecule is CCc1ccc(CCC(=O)N(Cc2ccccc2C)[C@H](C)C(=O)N[C@@H](C)CC)cc1. The minimum atomic E-state index is -0.520. The van der Waals surface area contributed by atoms with E-state index in [0.717, 1.165) is 29.5 Å². The number of rotatable bonds is 10. The summed E-state index contributed by atoms with van der Waals surface area (Å²) >= 11 is 0. The summed E-state index contributed by atoms with van der Waals surface area (Å²) in [6, 6.07) is 16.0. The highest BCUT2D eigenvalue weighted by atomic mass is 16.2. The van der Waals surface area contributed by atoms with Crippen molar-refractivity contribution in [2.45, 2.75) is 78.9 Å². The van der Waals surface area contributed by atoms with Gasteiger partial charge >= 0.3 is 0 Å². The number of aryl methyl sites for hydroxylation is 3. The summed E-state index contributed by atoms with van der Waals surface area (Å²) in [6.07, 6.45) is 2.93. The minimum absolute atomic E-state index is 0.00428. The smallest absolute Gasteiger partial charge is 0.242 e. The van der Waals surface area contributed by atoms with E-state index in [1.165, 1.54) is 5.56 Å². The third-order valence-corrected chi connectivity index (χ3v) is 5.83. The molecular weight excluding hydrogens is 372 g/mol. The molecule has 0 aliphatic heterocycles. The zero-order valence-corrected chi connectivity index (χ0v) is 19.1. The van der Waals surface area contributed by atoms with Crippen LogP contribution in [0.5, 0.6) is 0 Å². The lowest BCUT2D eigenvalue weighted by molar-refractivity contribution is -0.140. The molecule has 0 fully saturated rings. The molecule has 4 heteroatoms. The van der Waals surface area contributed by atoms with E-state index in [1.54, 1.807) is 4.90 Å². The van der Waals surface area contributed by atoms with E-state index in [2.05, 4.69) is 36.5 Å². The first-order valence-corrected chi connectivity index (χ1v) is 11.1. The minimum Gasteiger partial charge on any atom is -0.352 e. The number of nitrogens with zero attached hydrogens (tertiary/aromatic N) is 1. The summed E-state index contributed by atoms with van der Waals surface area (Å²) in [5.74, 6) is -0.0943. The maximum absolute atomic E-state index is 13.2. The Hall–Kier alpha value is -2.62. The number of benzene rings is 2. The van der Waals surface area contributed by atoms with Crippen LogP contribution in [0.2, 0.25) is 0 Å². The molecule has 0 aliphatic rings. The van der Waals surface area contributed by atoms with Gasteiger partial charge in [-0.25, -0.2) is 0 Å². The predicted octanol–water partition coefficient (Wildman–Crippen LogP) is 4.82. The van der Waals surface area contributed by atoms with Crippen molar-refractivity contribution in [2.24, 2.45) is 0 Å². The third-order valence-electron chi connectivity index (χ3n) is 5.83. The molecular formula is C26H36N2O2. The lowest BCUT2D eigenvalue weighted by Crippen LogP contribution is -2.49. The molecule has 0 saturated heterocycles. The Morgan fingerprint density at radius 1 is 0.967 bits per heavy atom. The first-order valence-electron chi connectivity index (χ1n) is 11.1. The van der Waals surface area contributed by atoms with Crippen LogP contribution < -0.4 is 5.32 Å². The summed E-state index contributed by atoms with van der Waals surface area (Å²) in [5.41, 5.74) is 4.64. The summed E-state index contributed by atoms with van der Waals surface area (Å²) in [7, 11) is 0. The summed E-state index contributed by atoms with van der Waals surface area (Å²) in [4.78, 5) is 27.7. The van der Waals surface area contributed by atoms with Crippen LogP contribution in [-0.2, 0) is 29.0 Å². The molecule has 0 aromatic heterocycles.